The Morgan fingerprint density at radius 3 is 1.38 bits per heavy atom. The van der Waals surface area contributed by atoms with Crippen molar-refractivity contribution in [3.63, 3.8) is 0 Å². The molecular weight excluding hydrogens is 837 g/mol. The fraction of sp³-hybridized carbons (Fsp3) is 0.194. The van der Waals surface area contributed by atoms with Gasteiger partial charge in [-0.1, -0.05) is 160 Å². The summed E-state index contributed by atoms with van der Waals surface area (Å²) in [7, 11) is 0.0672. The van der Waals surface area contributed by atoms with Crippen LogP contribution in [0.2, 0.25) is 0 Å². The van der Waals surface area contributed by atoms with Crippen molar-refractivity contribution in [1.29, 1.82) is 0 Å². The molecule has 0 radical (unpaired) electrons. The third-order valence-electron chi connectivity index (χ3n) is 12.3. The van der Waals surface area contributed by atoms with Crippen LogP contribution in [0.3, 0.4) is 0 Å². The number of hydrogen-bond acceptors (Lipinski definition) is 3. The van der Waals surface area contributed by atoms with Crippen molar-refractivity contribution in [1.82, 2.24) is 0 Å². The minimum absolute atomic E-state index is 0.0672. The van der Waals surface area contributed by atoms with Crippen molar-refractivity contribution >= 4 is 69.8 Å². The van der Waals surface area contributed by atoms with E-state index in [0.29, 0.717) is 0 Å². The molecule has 8 aromatic rings. The Morgan fingerprint density at radius 2 is 0.864 bits per heavy atom. The van der Waals surface area contributed by atoms with Crippen LogP contribution >= 0.6 is 12.6 Å². The summed E-state index contributed by atoms with van der Waals surface area (Å²) in [5.41, 5.74) is 17.1. The lowest BCUT2D eigenvalue weighted by atomic mass is 10.0. The molecule has 0 saturated heterocycles. The lowest BCUT2D eigenvalue weighted by molar-refractivity contribution is 0.795. The van der Waals surface area contributed by atoms with Crippen molar-refractivity contribution in [2.24, 2.45) is 0 Å². The minimum Gasteiger partial charge on any atom is -0.310 e. The Labute approximate surface area is 403 Å². The van der Waals surface area contributed by atoms with Crippen LogP contribution in [0, 0.1) is 0 Å². The standard InChI is InChI=1S/C62H62N2S2/c1-4-6-14-48-26-34-56(35-27-48)63(60-21-12-20-55(45-60)54-19-11-18-52(44-54)42-43-65)57-38-30-50(31-39-57)24-25-51-32-40-59(41-33-51)64(58-36-28-49(29-37-58)15-7-5-2)61-22-13-23-62(46-61)66(3)47-53-16-9-8-10-17-53/h8-13,16-41,44-46H,4-7,14-15,42-43,47H2,1-3H3/p+1. The molecule has 2 nitrogen and oxygen atoms in total. The zero-order chi connectivity index (χ0) is 45.5. The molecule has 0 aliphatic rings. The van der Waals surface area contributed by atoms with E-state index in [0.717, 1.165) is 64.6 Å². The van der Waals surface area contributed by atoms with E-state index >= 15 is 0 Å². The number of unbranched alkanes of at least 4 members (excludes halogenated alkanes) is 2. The van der Waals surface area contributed by atoms with Crippen molar-refractivity contribution in [2.45, 2.75) is 69.4 Å². The second-order valence-corrected chi connectivity index (χ2v) is 19.7. The summed E-state index contributed by atoms with van der Waals surface area (Å²) < 4.78 is 0. The van der Waals surface area contributed by atoms with Crippen LogP contribution in [-0.2, 0) is 35.9 Å². The second-order valence-electron chi connectivity index (χ2n) is 17.2. The SMILES string of the molecule is CCCCc1ccc(N(c2ccc(C=Cc3ccc(N(c4ccc(CCCC)cc4)c4cccc([S+](C)Cc5ccccc5)c4)cc3)cc2)c2cccc(-c3cccc(CCS)c3)c2)cc1. The molecule has 8 rings (SSSR count). The molecule has 1 atom stereocenters. The number of hydrogen-bond donors (Lipinski definition) is 1. The first-order chi connectivity index (χ1) is 32.5. The predicted molar refractivity (Wildman–Crippen MR) is 293 cm³/mol. The van der Waals surface area contributed by atoms with Gasteiger partial charge >= 0.3 is 0 Å². The normalized spacial score (nSPS) is 11.8. The fourth-order valence-electron chi connectivity index (χ4n) is 8.55. The van der Waals surface area contributed by atoms with Gasteiger partial charge in [0.1, 0.15) is 12.0 Å². The molecule has 4 heteroatoms. The van der Waals surface area contributed by atoms with E-state index in [-0.39, 0.29) is 10.9 Å². The quantitative estimate of drug-likeness (QED) is 0.0463. The first kappa shape index (κ1) is 46.3. The smallest absolute Gasteiger partial charge is 0.157 e. The van der Waals surface area contributed by atoms with E-state index in [1.165, 1.54) is 75.3 Å². The molecule has 0 amide bonds. The maximum atomic E-state index is 4.49. The summed E-state index contributed by atoms with van der Waals surface area (Å²) in [4.78, 5) is 6.15. The highest BCUT2D eigenvalue weighted by Crippen LogP contribution is 2.39. The summed E-state index contributed by atoms with van der Waals surface area (Å²) >= 11 is 4.49. The molecule has 0 spiro atoms. The van der Waals surface area contributed by atoms with Gasteiger partial charge in [-0.05, 0) is 150 Å². The Kier molecular flexibility index (Phi) is 16.4. The molecule has 66 heavy (non-hydrogen) atoms. The van der Waals surface area contributed by atoms with E-state index in [9.17, 15) is 0 Å². The van der Waals surface area contributed by atoms with Crippen molar-refractivity contribution in [3.8, 4) is 11.1 Å². The van der Waals surface area contributed by atoms with Crippen LogP contribution < -0.4 is 9.80 Å². The van der Waals surface area contributed by atoms with E-state index in [1.807, 2.05) is 0 Å². The molecule has 0 saturated carbocycles. The Balaban J connectivity index is 1.05. The summed E-state index contributed by atoms with van der Waals surface area (Å²) in [5.74, 6) is 1.87. The lowest BCUT2D eigenvalue weighted by Gasteiger charge is -2.26. The van der Waals surface area contributed by atoms with Gasteiger partial charge in [-0.2, -0.15) is 12.6 Å². The largest absolute Gasteiger partial charge is 0.310 e. The highest BCUT2D eigenvalue weighted by molar-refractivity contribution is 7.95. The van der Waals surface area contributed by atoms with Gasteiger partial charge in [0, 0.05) is 51.0 Å². The Bertz CT molecular complexity index is 2760. The van der Waals surface area contributed by atoms with Crippen LogP contribution in [0.1, 0.15) is 72.9 Å². The molecule has 0 heterocycles. The Hall–Kier alpha value is -6.20. The summed E-state index contributed by atoms with van der Waals surface area (Å²) in [5, 5.41) is 0. The average Bonchev–Trinajstić information content (AvgIpc) is 3.37. The molecule has 332 valence electrons. The number of thiol groups is 1. The zero-order valence-electron chi connectivity index (χ0n) is 38.8. The van der Waals surface area contributed by atoms with Gasteiger partial charge in [0.2, 0.25) is 0 Å². The van der Waals surface area contributed by atoms with Gasteiger partial charge in [-0.3, -0.25) is 0 Å². The Morgan fingerprint density at radius 1 is 0.409 bits per heavy atom. The topological polar surface area (TPSA) is 6.48 Å². The molecule has 0 aromatic heterocycles. The van der Waals surface area contributed by atoms with Gasteiger partial charge < -0.3 is 9.80 Å². The van der Waals surface area contributed by atoms with Gasteiger partial charge in [0.15, 0.2) is 4.90 Å². The van der Waals surface area contributed by atoms with Crippen LogP contribution in [-0.4, -0.2) is 12.0 Å². The predicted octanol–water partition coefficient (Wildman–Crippen LogP) is 17.4. The molecule has 0 N–H and O–H groups in total. The first-order valence-corrected chi connectivity index (χ1v) is 26.1. The van der Waals surface area contributed by atoms with Crippen LogP contribution in [0.25, 0.3) is 23.3 Å². The van der Waals surface area contributed by atoms with Gasteiger partial charge in [-0.15, -0.1) is 0 Å². The summed E-state index contributed by atoms with van der Waals surface area (Å²) in [6.07, 6.45) is 14.8. The van der Waals surface area contributed by atoms with Gasteiger partial charge in [0.05, 0.1) is 5.69 Å². The van der Waals surface area contributed by atoms with E-state index < -0.39 is 0 Å². The van der Waals surface area contributed by atoms with Gasteiger partial charge in [-0.25, -0.2) is 0 Å². The summed E-state index contributed by atoms with van der Waals surface area (Å²) in [6, 6.07) is 74.0. The van der Waals surface area contributed by atoms with Crippen LogP contribution in [0.15, 0.2) is 205 Å². The number of anilines is 6. The monoisotopic (exact) mass is 899 g/mol. The molecule has 8 aromatic carbocycles. The third kappa shape index (κ3) is 12.2. The van der Waals surface area contributed by atoms with Gasteiger partial charge in [0.25, 0.3) is 0 Å². The maximum absolute atomic E-state index is 4.49. The number of rotatable bonds is 20. The average molecular weight is 900 g/mol. The molecule has 0 bridgehead atoms. The van der Waals surface area contributed by atoms with Crippen LogP contribution in [0.5, 0.6) is 0 Å². The van der Waals surface area contributed by atoms with Crippen molar-refractivity contribution < 1.29 is 0 Å². The maximum Gasteiger partial charge on any atom is 0.157 e. The lowest BCUT2D eigenvalue weighted by Crippen LogP contribution is -2.11. The van der Waals surface area contributed by atoms with Crippen molar-refractivity contribution in [3.05, 3.63) is 234 Å². The molecular formula is C62H63N2S2+. The first-order valence-electron chi connectivity index (χ1n) is 23.7. The van der Waals surface area contributed by atoms with Crippen LogP contribution in [0.4, 0.5) is 34.1 Å². The number of benzene rings is 8. The molecule has 0 aliphatic heterocycles. The minimum atomic E-state index is 0.0672. The number of nitrogens with zero attached hydrogens (tertiary/aromatic N) is 2. The van der Waals surface area contributed by atoms with Crippen molar-refractivity contribution in [2.75, 3.05) is 21.8 Å². The summed E-state index contributed by atoms with van der Waals surface area (Å²) in [6.45, 7) is 4.51. The van der Waals surface area contributed by atoms with E-state index in [4.69, 9.17) is 0 Å². The highest BCUT2D eigenvalue weighted by atomic mass is 32.2. The molecule has 1 unspecified atom stereocenters. The third-order valence-corrected chi connectivity index (χ3v) is 14.3. The second kappa shape index (κ2) is 23.3. The number of aryl methyl sites for hydroxylation is 3. The van der Waals surface area contributed by atoms with E-state index in [2.05, 4.69) is 255 Å². The highest BCUT2D eigenvalue weighted by Gasteiger charge is 2.20. The zero-order valence-corrected chi connectivity index (χ0v) is 40.5. The fourth-order valence-corrected chi connectivity index (χ4v) is 10.3. The molecule has 0 aliphatic carbocycles. The van der Waals surface area contributed by atoms with E-state index in [1.54, 1.807) is 0 Å². The molecule has 0 fully saturated rings.